The molecule has 3 heterocycles. The van der Waals surface area contributed by atoms with Crippen LogP contribution in [0, 0.1) is 0 Å². The molecule has 0 atom stereocenters. The van der Waals surface area contributed by atoms with Crippen LogP contribution in [-0.2, 0) is 0 Å². The van der Waals surface area contributed by atoms with Crippen molar-refractivity contribution in [3.8, 4) is 33.4 Å². The van der Waals surface area contributed by atoms with E-state index in [1.54, 1.807) is 36.8 Å². The smallest absolute Gasteiger partial charge is 0.247 e. The molecule has 3 aromatic carbocycles. The van der Waals surface area contributed by atoms with Gasteiger partial charge in [-0.1, -0.05) is 36.4 Å². The summed E-state index contributed by atoms with van der Waals surface area (Å²) in [5, 5.41) is 0. The molecule has 0 radical (unpaired) electrons. The van der Waals surface area contributed by atoms with Gasteiger partial charge in [0, 0.05) is 48.6 Å². The highest BCUT2D eigenvalue weighted by Crippen LogP contribution is 2.57. The molecule has 0 unspecified atom stereocenters. The largest absolute Gasteiger partial charge is 0.328 e. The lowest BCUT2D eigenvalue weighted by Gasteiger charge is -2.43. The zero-order chi connectivity index (χ0) is 27.7. The Morgan fingerprint density at radius 2 is 0.634 bits per heavy atom. The maximum atomic E-state index is 11.7. The van der Waals surface area contributed by atoms with Gasteiger partial charge in [0.1, 0.15) is 0 Å². The lowest BCUT2D eigenvalue weighted by atomic mass is 9.60. The van der Waals surface area contributed by atoms with E-state index in [-0.39, 0.29) is 28.5 Å². The molecule has 6 heteroatoms. The van der Waals surface area contributed by atoms with Crippen molar-refractivity contribution in [2.24, 2.45) is 0 Å². The van der Waals surface area contributed by atoms with Gasteiger partial charge in [-0.25, -0.2) is 0 Å². The van der Waals surface area contributed by atoms with Gasteiger partial charge in [0.05, 0.1) is 0 Å². The number of aromatic nitrogens is 3. The summed E-state index contributed by atoms with van der Waals surface area (Å²) in [6, 6.07) is 30.1. The number of rotatable bonds is 3. The summed E-state index contributed by atoms with van der Waals surface area (Å²) in [5.41, 5.74) is 13.2. The van der Waals surface area contributed by atoms with E-state index in [0.717, 1.165) is 33.4 Å². The van der Waals surface area contributed by atoms with Crippen molar-refractivity contribution in [1.82, 2.24) is 15.0 Å². The molecule has 6 aromatic rings. The van der Waals surface area contributed by atoms with E-state index in [2.05, 4.69) is 69.5 Å². The van der Waals surface area contributed by atoms with E-state index in [0.29, 0.717) is 0 Å². The van der Waals surface area contributed by atoms with Crippen LogP contribution in [0.1, 0.15) is 45.2 Å². The lowest BCUT2D eigenvalue weighted by molar-refractivity contribution is 0.755. The summed E-state index contributed by atoms with van der Waals surface area (Å²) in [4.78, 5) is 43.5. The third-order valence-electron chi connectivity index (χ3n) is 8.48. The molecule has 0 saturated carbocycles. The Bertz CT molecular complexity index is 1890. The van der Waals surface area contributed by atoms with Crippen LogP contribution in [-0.4, -0.2) is 15.0 Å². The van der Waals surface area contributed by atoms with Crippen LogP contribution < -0.4 is 16.7 Å². The standard InChI is InChI=1S/C35H23N3O3/c39-31-10-4-22(16-36-31)19-1-7-25-28(13-19)35-29-14-20(23-5-11-32(40)37-17-23)2-8-26(29)34(25)27-9-3-21(15-30(27)35)24-6-12-33(41)38-18-24/h1-18,34-35H,(H,36,39)(H,37,40)(H,38,41). The summed E-state index contributed by atoms with van der Waals surface area (Å²) in [5.74, 6) is 0.0759. The molecule has 0 spiro atoms. The van der Waals surface area contributed by atoms with Gasteiger partial charge in [-0.05, 0) is 103 Å². The van der Waals surface area contributed by atoms with Crippen molar-refractivity contribution in [3.63, 3.8) is 0 Å². The van der Waals surface area contributed by atoms with E-state index < -0.39 is 0 Å². The molecule has 3 aromatic heterocycles. The second-order valence-electron chi connectivity index (χ2n) is 10.7. The minimum absolute atomic E-state index is 0.00636. The monoisotopic (exact) mass is 533 g/mol. The predicted octanol–water partition coefficient (Wildman–Crippen LogP) is 5.74. The Kier molecular flexibility index (Phi) is 5.00. The molecular weight excluding hydrogens is 510 g/mol. The Balaban J connectivity index is 1.35. The first-order valence-electron chi connectivity index (χ1n) is 13.5. The molecule has 6 nitrogen and oxygen atoms in total. The van der Waals surface area contributed by atoms with Crippen molar-refractivity contribution in [3.05, 3.63) is 174 Å². The zero-order valence-electron chi connectivity index (χ0n) is 21.8. The van der Waals surface area contributed by atoms with Gasteiger partial charge in [-0.15, -0.1) is 0 Å². The molecule has 41 heavy (non-hydrogen) atoms. The Morgan fingerprint density at radius 3 is 0.927 bits per heavy atom. The molecule has 0 saturated heterocycles. The molecule has 9 rings (SSSR count). The first-order valence-corrected chi connectivity index (χ1v) is 13.5. The average Bonchev–Trinajstić information content (AvgIpc) is 3.01. The van der Waals surface area contributed by atoms with Crippen molar-refractivity contribution in [2.45, 2.75) is 11.8 Å². The highest BCUT2D eigenvalue weighted by atomic mass is 16.1. The van der Waals surface area contributed by atoms with E-state index in [9.17, 15) is 14.4 Å². The van der Waals surface area contributed by atoms with E-state index >= 15 is 0 Å². The minimum Gasteiger partial charge on any atom is -0.328 e. The fourth-order valence-corrected chi connectivity index (χ4v) is 6.58. The first-order chi connectivity index (χ1) is 20.0. The Hall–Kier alpha value is -5.49. The molecular formula is C35H23N3O3. The summed E-state index contributed by atoms with van der Waals surface area (Å²) in [7, 11) is 0. The summed E-state index contributed by atoms with van der Waals surface area (Å²) >= 11 is 0. The molecule has 0 aliphatic heterocycles. The van der Waals surface area contributed by atoms with Gasteiger partial charge >= 0.3 is 0 Å². The number of pyridine rings is 3. The van der Waals surface area contributed by atoms with E-state index in [1.807, 2.05) is 18.2 Å². The topological polar surface area (TPSA) is 98.6 Å². The minimum atomic E-state index is -0.127. The van der Waals surface area contributed by atoms with Crippen LogP contribution >= 0.6 is 0 Å². The van der Waals surface area contributed by atoms with Gasteiger partial charge in [0.25, 0.3) is 0 Å². The third-order valence-corrected chi connectivity index (χ3v) is 8.48. The second-order valence-corrected chi connectivity index (χ2v) is 10.7. The summed E-state index contributed by atoms with van der Waals surface area (Å²) < 4.78 is 0. The quantitative estimate of drug-likeness (QED) is 0.270. The summed E-state index contributed by atoms with van der Waals surface area (Å²) in [6.45, 7) is 0. The van der Waals surface area contributed by atoms with Crippen LogP contribution in [0.2, 0.25) is 0 Å². The van der Waals surface area contributed by atoms with Crippen molar-refractivity contribution >= 4 is 0 Å². The number of aromatic amines is 3. The normalized spacial score (nSPS) is 16.1. The molecule has 3 aliphatic rings. The van der Waals surface area contributed by atoms with E-state index in [4.69, 9.17) is 0 Å². The predicted molar refractivity (Wildman–Crippen MR) is 159 cm³/mol. The van der Waals surface area contributed by atoms with Gasteiger partial charge < -0.3 is 15.0 Å². The first kappa shape index (κ1) is 23.4. The Labute approximate surface area is 234 Å². The van der Waals surface area contributed by atoms with Gasteiger partial charge in [0.15, 0.2) is 0 Å². The molecule has 3 aliphatic carbocycles. The number of hydrogen-bond donors (Lipinski definition) is 3. The van der Waals surface area contributed by atoms with Crippen molar-refractivity contribution in [2.75, 3.05) is 0 Å². The highest BCUT2D eigenvalue weighted by Gasteiger charge is 2.41. The third kappa shape index (κ3) is 3.68. The lowest BCUT2D eigenvalue weighted by Crippen LogP contribution is -2.27. The second kappa shape index (κ2) is 8.76. The van der Waals surface area contributed by atoms with Crippen LogP contribution in [0.25, 0.3) is 33.4 Å². The molecule has 0 amide bonds. The van der Waals surface area contributed by atoms with Crippen molar-refractivity contribution < 1.29 is 0 Å². The zero-order valence-corrected chi connectivity index (χ0v) is 21.8. The summed E-state index contributed by atoms with van der Waals surface area (Å²) in [6.07, 6.45) is 5.28. The number of nitrogens with one attached hydrogen (secondary N) is 3. The van der Waals surface area contributed by atoms with Crippen LogP contribution in [0.15, 0.2) is 124 Å². The van der Waals surface area contributed by atoms with Crippen LogP contribution in [0.3, 0.4) is 0 Å². The van der Waals surface area contributed by atoms with Crippen LogP contribution in [0.4, 0.5) is 0 Å². The maximum Gasteiger partial charge on any atom is 0.247 e. The van der Waals surface area contributed by atoms with Crippen LogP contribution in [0.5, 0.6) is 0 Å². The molecule has 196 valence electrons. The van der Waals surface area contributed by atoms with Gasteiger partial charge in [0.2, 0.25) is 16.7 Å². The fraction of sp³-hybridized carbons (Fsp3) is 0.0571. The molecule has 2 bridgehead atoms. The molecule has 0 fully saturated rings. The van der Waals surface area contributed by atoms with Crippen molar-refractivity contribution in [1.29, 1.82) is 0 Å². The fourth-order valence-electron chi connectivity index (χ4n) is 6.58. The van der Waals surface area contributed by atoms with Gasteiger partial charge in [-0.2, -0.15) is 0 Å². The SMILES string of the molecule is O=c1ccc(-c2ccc3c(c2)C2c4cc(-c5ccc(=O)[nH]c5)ccc4C3c3ccc(-c4ccc(=O)[nH]c4)cc32)c[nH]1. The number of benzene rings is 3. The Morgan fingerprint density at radius 1 is 0.341 bits per heavy atom. The number of H-pyrrole nitrogens is 3. The number of hydrogen-bond acceptors (Lipinski definition) is 3. The molecule has 3 N–H and O–H groups in total. The average molecular weight is 534 g/mol. The maximum absolute atomic E-state index is 11.7. The van der Waals surface area contributed by atoms with E-state index in [1.165, 1.54) is 33.4 Å². The highest BCUT2D eigenvalue weighted by molar-refractivity contribution is 5.77. The van der Waals surface area contributed by atoms with Gasteiger partial charge in [-0.3, -0.25) is 14.4 Å².